The zero-order valence-electron chi connectivity index (χ0n) is 14.8. The fourth-order valence-corrected chi connectivity index (χ4v) is 7.17. The van der Waals surface area contributed by atoms with Gasteiger partial charge in [-0.2, -0.15) is 0 Å². The largest absolute Gasteiger partial charge is 0.465 e. The fourth-order valence-electron chi connectivity index (χ4n) is 5.72. The lowest BCUT2D eigenvalue weighted by molar-refractivity contribution is -0.169. The molecule has 4 atom stereocenters. The Labute approximate surface area is 161 Å². The number of ether oxygens (including phenoxy) is 1. The summed E-state index contributed by atoms with van der Waals surface area (Å²) < 4.78 is 18.6. The molecule has 0 aliphatic heterocycles. The van der Waals surface area contributed by atoms with Crippen LogP contribution in [0.5, 0.6) is 0 Å². The molecule has 26 heavy (non-hydrogen) atoms. The van der Waals surface area contributed by atoms with Gasteiger partial charge < -0.3 is 4.74 Å². The highest BCUT2D eigenvalue weighted by molar-refractivity contribution is 9.10. The van der Waals surface area contributed by atoms with Crippen LogP contribution in [0, 0.1) is 23.1 Å². The molecule has 0 saturated heterocycles. The van der Waals surface area contributed by atoms with E-state index in [9.17, 15) is 14.0 Å². The van der Waals surface area contributed by atoms with Gasteiger partial charge in [0.2, 0.25) is 0 Å². The maximum atomic E-state index is 12.9. The van der Waals surface area contributed by atoms with Gasteiger partial charge in [-0.05, 0) is 81.0 Å². The molecule has 0 amide bonds. The molecule has 4 fully saturated rings. The summed E-state index contributed by atoms with van der Waals surface area (Å²) in [4.78, 5) is 24.9. The second-order valence-corrected chi connectivity index (χ2v) is 10.2. The van der Waals surface area contributed by atoms with E-state index in [1.165, 1.54) is 43.5 Å². The number of Topliss-reactive ketones (excluding diaryl/α,β-unsaturated/α-hetero) is 1. The van der Waals surface area contributed by atoms with E-state index in [0.29, 0.717) is 30.2 Å². The molecule has 0 radical (unpaired) electrons. The standard InChI is InChI=1S/C21H24BrFO3/c22-21-11-14-8-15(12-21)10-20(9-14,13-21)19(25)26-7-1-2-18(24)16-3-5-17(23)6-4-16/h3-6,14-15H,1-2,7-13H2/t14-,15+,20?,21?. The summed E-state index contributed by atoms with van der Waals surface area (Å²) in [6.07, 6.45) is 7.25. The van der Waals surface area contributed by atoms with E-state index < -0.39 is 0 Å². The maximum absolute atomic E-state index is 12.9. The zero-order valence-corrected chi connectivity index (χ0v) is 16.4. The van der Waals surface area contributed by atoms with Gasteiger partial charge >= 0.3 is 5.97 Å². The predicted molar refractivity (Wildman–Crippen MR) is 99.7 cm³/mol. The van der Waals surface area contributed by atoms with Crippen LogP contribution < -0.4 is 0 Å². The molecule has 2 unspecified atom stereocenters. The van der Waals surface area contributed by atoms with Crippen LogP contribution in [-0.2, 0) is 9.53 Å². The first-order chi connectivity index (χ1) is 12.4. The quantitative estimate of drug-likeness (QED) is 0.278. The van der Waals surface area contributed by atoms with Crippen molar-refractivity contribution in [2.24, 2.45) is 17.3 Å². The summed E-state index contributed by atoms with van der Waals surface area (Å²) in [5, 5.41) is 0. The SMILES string of the molecule is O=C(CCCOC(=O)C12C[C@@H]3C[C@@H](CC(Br)(C3)C1)C2)c1ccc(F)cc1. The number of halogens is 2. The summed E-state index contributed by atoms with van der Waals surface area (Å²) in [6, 6.07) is 5.57. The van der Waals surface area contributed by atoms with Gasteiger partial charge in [-0.1, -0.05) is 15.9 Å². The summed E-state index contributed by atoms with van der Waals surface area (Å²) >= 11 is 3.91. The normalized spacial score (nSPS) is 34.7. The molecule has 0 spiro atoms. The second kappa shape index (κ2) is 6.74. The van der Waals surface area contributed by atoms with Gasteiger partial charge in [-0.3, -0.25) is 9.59 Å². The Bertz CT molecular complexity index is 700. The van der Waals surface area contributed by atoms with Crippen molar-refractivity contribution < 1.29 is 18.7 Å². The Morgan fingerprint density at radius 1 is 1.12 bits per heavy atom. The van der Waals surface area contributed by atoms with Gasteiger partial charge in [0.25, 0.3) is 0 Å². The lowest BCUT2D eigenvalue weighted by atomic mass is 9.49. The van der Waals surface area contributed by atoms with Crippen LogP contribution in [-0.4, -0.2) is 22.7 Å². The minimum Gasteiger partial charge on any atom is -0.465 e. The van der Waals surface area contributed by atoms with Crippen LogP contribution in [0.3, 0.4) is 0 Å². The molecule has 1 aromatic carbocycles. The first kappa shape index (κ1) is 18.1. The van der Waals surface area contributed by atoms with Gasteiger partial charge in [0.15, 0.2) is 5.78 Å². The molecule has 4 saturated carbocycles. The maximum Gasteiger partial charge on any atom is 0.312 e. The molecule has 4 aliphatic rings. The Balaban J connectivity index is 1.28. The van der Waals surface area contributed by atoms with Crippen molar-refractivity contribution in [3.05, 3.63) is 35.6 Å². The highest BCUT2D eigenvalue weighted by Crippen LogP contribution is 2.64. The average Bonchev–Trinajstić information content (AvgIpc) is 2.56. The third-order valence-electron chi connectivity index (χ3n) is 6.37. The first-order valence-electron chi connectivity index (χ1n) is 9.52. The van der Waals surface area contributed by atoms with Crippen LogP contribution in [0.1, 0.15) is 61.7 Å². The number of ketones is 1. The molecule has 4 aliphatic carbocycles. The van der Waals surface area contributed by atoms with Crippen molar-refractivity contribution in [3.8, 4) is 0 Å². The van der Waals surface area contributed by atoms with Crippen molar-refractivity contribution in [2.75, 3.05) is 6.61 Å². The van der Waals surface area contributed by atoms with Gasteiger partial charge in [0.05, 0.1) is 12.0 Å². The number of rotatable bonds is 6. The van der Waals surface area contributed by atoms with E-state index >= 15 is 0 Å². The van der Waals surface area contributed by atoms with Crippen LogP contribution in [0.2, 0.25) is 0 Å². The highest BCUT2D eigenvalue weighted by Gasteiger charge is 2.60. The Morgan fingerprint density at radius 3 is 2.38 bits per heavy atom. The third-order valence-corrected chi connectivity index (χ3v) is 7.30. The number of esters is 1. The van der Waals surface area contributed by atoms with E-state index in [1.807, 2.05) is 0 Å². The van der Waals surface area contributed by atoms with E-state index in [0.717, 1.165) is 19.3 Å². The van der Waals surface area contributed by atoms with Crippen molar-refractivity contribution in [2.45, 2.75) is 55.7 Å². The van der Waals surface area contributed by atoms with E-state index in [4.69, 9.17) is 4.74 Å². The molecule has 5 heteroatoms. The molecule has 3 nitrogen and oxygen atoms in total. The topological polar surface area (TPSA) is 43.4 Å². The molecule has 5 rings (SSSR count). The molecule has 4 bridgehead atoms. The molecular formula is C21H24BrFO3. The number of benzene rings is 1. The van der Waals surface area contributed by atoms with Crippen molar-refractivity contribution in [3.63, 3.8) is 0 Å². The molecular weight excluding hydrogens is 399 g/mol. The van der Waals surface area contributed by atoms with Crippen molar-refractivity contribution in [1.82, 2.24) is 0 Å². The van der Waals surface area contributed by atoms with Gasteiger partial charge in [0.1, 0.15) is 5.82 Å². The van der Waals surface area contributed by atoms with Crippen LogP contribution in [0.25, 0.3) is 0 Å². The fraction of sp³-hybridized carbons (Fsp3) is 0.619. The summed E-state index contributed by atoms with van der Waals surface area (Å²) in [7, 11) is 0. The van der Waals surface area contributed by atoms with E-state index in [-0.39, 0.29) is 33.9 Å². The Hall–Kier alpha value is -1.23. The minimum absolute atomic E-state index is 0.0461. The second-order valence-electron chi connectivity index (χ2n) is 8.56. The first-order valence-corrected chi connectivity index (χ1v) is 10.3. The highest BCUT2D eigenvalue weighted by atomic mass is 79.9. The van der Waals surface area contributed by atoms with Crippen LogP contribution >= 0.6 is 15.9 Å². The number of carbonyl (C=O) groups excluding carboxylic acids is 2. The monoisotopic (exact) mass is 422 g/mol. The van der Waals surface area contributed by atoms with E-state index in [2.05, 4.69) is 15.9 Å². The van der Waals surface area contributed by atoms with Crippen molar-refractivity contribution >= 4 is 27.7 Å². The molecule has 0 N–H and O–H groups in total. The number of alkyl halides is 1. The number of carbonyl (C=O) groups is 2. The van der Waals surface area contributed by atoms with E-state index in [1.54, 1.807) is 0 Å². The molecule has 0 heterocycles. The summed E-state index contributed by atoms with van der Waals surface area (Å²) in [5.41, 5.74) is 0.189. The molecule has 140 valence electrons. The predicted octanol–water partition coefficient (Wildman–Crippen LogP) is 5.07. The van der Waals surface area contributed by atoms with Crippen LogP contribution in [0.15, 0.2) is 24.3 Å². The third kappa shape index (κ3) is 3.47. The smallest absolute Gasteiger partial charge is 0.312 e. The lowest BCUT2D eigenvalue weighted by Crippen LogP contribution is -2.56. The van der Waals surface area contributed by atoms with Gasteiger partial charge in [0, 0.05) is 16.3 Å². The zero-order chi connectivity index (χ0) is 18.4. The number of hydrogen-bond acceptors (Lipinski definition) is 3. The molecule has 1 aromatic rings. The minimum atomic E-state index is -0.351. The summed E-state index contributed by atoms with van der Waals surface area (Å²) in [5.74, 6) is 0.821. The molecule has 0 aromatic heterocycles. The van der Waals surface area contributed by atoms with Gasteiger partial charge in [-0.15, -0.1) is 0 Å². The number of hydrogen-bond donors (Lipinski definition) is 0. The Kier molecular flexibility index (Phi) is 4.70. The average molecular weight is 423 g/mol. The van der Waals surface area contributed by atoms with Crippen LogP contribution in [0.4, 0.5) is 4.39 Å². The summed E-state index contributed by atoms with van der Waals surface area (Å²) in [6.45, 7) is 0.276. The lowest BCUT2D eigenvalue weighted by Gasteiger charge is -2.58. The van der Waals surface area contributed by atoms with Crippen molar-refractivity contribution in [1.29, 1.82) is 0 Å². The Morgan fingerprint density at radius 2 is 1.77 bits per heavy atom. The van der Waals surface area contributed by atoms with Gasteiger partial charge in [-0.25, -0.2) is 4.39 Å².